The molecule has 2 rings (SSSR count). The molecule has 0 unspecified atom stereocenters. The van der Waals surface area contributed by atoms with Crippen LogP contribution in [-0.2, 0) is 0 Å². The van der Waals surface area contributed by atoms with Gasteiger partial charge in [-0.15, -0.1) is 0 Å². The van der Waals surface area contributed by atoms with Crippen molar-refractivity contribution in [3.8, 4) is 29.0 Å². The van der Waals surface area contributed by atoms with E-state index in [1.165, 1.54) is 0 Å². The smallest absolute Gasteiger partial charge is 0.257 e. The van der Waals surface area contributed by atoms with Crippen LogP contribution in [-0.4, -0.2) is 30.2 Å². The number of rotatable bonds is 7. The van der Waals surface area contributed by atoms with Gasteiger partial charge in [0.25, 0.3) is 5.88 Å². The maximum absolute atomic E-state index is 9.06. The van der Waals surface area contributed by atoms with E-state index in [2.05, 4.69) is 35.2 Å². The first-order valence-corrected chi connectivity index (χ1v) is 8.35. The summed E-state index contributed by atoms with van der Waals surface area (Å²) in [6.07, 6.45) is 1.98. The number of anilines is 1. The lowest BCUT2D eigenvalue weighted by Crippen LogP contribution is -2.19. The van der Waals surface area contributed by atoms with Gasteiger partial charge in [0, 0.05) is 11.6 Å². The van der Waals surface area contributed by atoms with Crippen LogP contribution in [0, 0.1) is 18.3 Å². The van der Waals surface area contributed by atoms with Crippen LogP contribution in [0.4, 0.5) is 5.82 Å². The Kier molecular flexibility index (Phi) is 6.18. The topological polar surface area (TPSA) is 80.1 Å². The van der Waals surface area contributed by atoms with Crippen molar-refractivity contribution < 1.29 is 9.47 Å². The summed E-state index contributed by atoms with van der Waals surface area (Å²) in [5, 5.41) is 12.5. The average molecular weight is 340 g/mol. The monoisotopic (exact) mass is 340 g/mol. The van der Waals surface area contributed by atoms with E-state index in [1.54, 1.807) is 26.4 Å². The van der Waals surface area contributed by atoms with E-state index >= 15 is 0 Å². The number of ether oxygens (including phenoxy) is 2. The van der Waals surface area contributed by atoms with E-state index in [1.807, 2.05) is 13.0 Å². The van der Waals surface area contributed by atoms with E-state index in [9.17, 15) is 0 Å². The molecule has 0 aliphatic carbocycles. The van der Waals surface area contributed by atoms with Gasteiger partial charge < -0.3 is 14.8 Å². The van der Waals surface area contributed by atoms with Crippen molar-refractivity contribution in [3.05, 3.63) is 29.5 Å². The summed E-state index contributed by atoms with van der Waals surface area (Å²) >= 11 is 0. The number of nitrogens with zero attached hydrogens (tertiary/aromatic N) is 3. The van der Waals surface area contributed by atoms with Crippen LogP contribution in [0.2, 0.25) is 0 Å². The van der Waals surface area contributed by atoms with E-state index < -0.39 is 0 Å². The average Bonchev–Trinajstić information content (AvgIpc) is 2.65. The Balaban J connectivity index is 2.52. The molecule has 0 amide bonds. The summed E-state index contributed by atoms with van der Waals surface area (Å²) in [5.41, 5.74) is 2.75. The van der Waals surface area contributed by atoms with Gasteiger partial charge in [-0.2, -0.15) is 5.26 Å². The highest BCUT2D eigenvalue weighted by Crippen LogP contribution is 2.34. The number of hydrogen-bond acceptors (Lipinski definition) is 6. The van der Waals surface area contributed by atoms with Crippen molar-refractivity contribution in [2.45, 2.75) is 39.7 Å². The van der Waals surface area contributed by atoms with Crippen LogP contribution in [0.1, 0.15) is 37.9 Å². The SMILES string of the molecule is CCC(CC)Nc1nc(C)c(-c2ccc(C#N)cc2OC)nc1OC. The second kappa shape index (κ2) is 8.34. The highest BCUT2D eigenvalue weighted by molar-refractivity contribution is 5.72. The third-order valence-corrected chi connectivity index (χ3v) is 4.14. The molecule has 1 N–H and O–H groups in total. The number of aryl methyl sites for hydroxylation is 1. The first kappa shape index (κ1) is 18.5. The van der Waals surface area contributed by atoms with E-state index in [0.29, 0.717) is 34.7 Å². The number of hydrogen-bond donors (Lipinski definition) is 1. The molecule has 0 aliphatic rings. The second-order valence-corrected chi connectivity index (χ2v) is 5.70. The minimum Gasteiger partial charge on any atom is -0.496 e. The van der Waals surface area contributed by atoms with Gasteiger partial charge in [0.1, 0.15) is 5.75 Å². The summed E-state index contributed by atoms with van der Waals surface area (Å²) in [6.45, 7) is 6.16. The van der Waals surface area contributed by atoms with E-state index in [0.717, 1.165) is 24.1 Å². The lowest BCUT2D eigenvalue weighted by molar-refractivity contribution is 0.396. The van der Waals surface area contributed by atoms with Gasteiger partial charge in [0.15, 0.2) is 5.82 Å². The minimum atomic E-state index is 0.317. The second-order valence-electron chi connectivity index (χ2n) is 5.70. The number of methoxy groups -OCH3 is 2. The van der Waals surface area contributed by atoms with Gasteiger partial charge in [-0.3, -0.25) is 0 Å². The Morgan fingerprint density at radius 2 is 1.88 bits per heavy atom. The lowest BCUT2D eigenvalue weighted by atomic mass is 10.1. The Bertz CT molecular complexity index is 780. The molecular formula is C19H24N4O2. The summed E-state index contributed by atoms with van der Waals surface area (Å²) < 4.78 is 10.9. The predicted octanol–water partition coefficient (Wildman–Crippen LogP) is 3.94. The highest BCUT2D eigenvalue weighted by Gasteiger charge is 2.18. The molecule has 0 radical (unpaired) electrons. The minimum absolute atomic E-state index is 0.317. The Morgan fingerprint density at radius 3 is 2.44 bits per heavy atom. The first-order chi connectivity index (χ1) is 12.1. The molecule has 0 bridgehead atoms. The molecule has 1 aromatic carbocycles. The number of benzene rings is 1. The summed E-state index contributed by atoms with van der Waals surface area (Å²) in [6, 6.07) is 7.68. The van der Waals surface area contributed by atoms with Gasteiger partial charge in [-0.25, -0.2) is 9.97 Å². The number of aromatic nitrogens is 2. The van der Waals surface area contributed by atoms with Crippen molar-refractivity contribution in [2.24, 2.45) is 0 Å². The zero-order valence-corrected chi connectivity index (χ0v) is 15.4. The van der Waals surface area contributed by atoms with Gasteiger partial charge in [0.2, 0.25) is 0 Å². The molecule has 6 heteroatoms. The molecule has 2 aromatic rings. The standard InChI is InChI=1S/C19H24N4O2/c1-6-14(7-2)22-18-19(25-5)23-17(12(3)21-18)15-9-8-13(11-20)10-16(15)24-4/h8-10,14H,6-7H2,1-5H3,(H,21,22). The quantitative estimate of drug-likeness (QED) is 0.822. The molecule has 1 heterocycles. The van der Waals surface area contributed by atoms with E-state index in [4.69, 9.17) is 14.7 Å². The fourth-order valence-corrected chi connectivity index (χ4v) is 2.64. The summed E-state index contributed by atoms with van der Waals surface area (Å²) in [5.74, 6) is 1.67. The van der Waals surface area contributed by atoms with Crippen molar-refractivity contribution >= 4 is 5.82 Å². The highest BCUT2D eigenvalue weighted by atomic mass is 16.5. The molecule has 0 atom stereocenters. The molecule has 1 aromatic heterocycles. The zero-order valence-electron chi connectivity index (χ0n) is 15.4. The molecule has 132 valence electrons. The van der Waals surface area contributed by atoms with Gasteiger partial charge in [-0.1, -0.05) is 13.8 Å². The third kappa shape index (κ3) is 4.00. The fraction of sp³-hybridized carbons (Fsp3) is 0.421. The van der Waals surface area contributed by atoms with Crippen molar-refractivity contribution in [3.63, 3.8) is 0 Å². The third-order valence-electron chi connectivity index (χ3n) is 4.14. The largest absolute Gasteiger partial charge is 0.496 e. The fourth-order valence-electron chi connectivity index (χ4n) is 2.64. The Labute approximate surface area is 148 Å². The maximum atomic E-state index is 9.06. The number of nitrogens with one attached hydrogen (secondary N) is 1. The van der Waals surface area contributed by atoms with Crippen LogP contribution < -0.4 is 14.8 Å². The Morgan fingerprint density at radius 1 is 1.16 bits per heavy atom. The van der Waals surface area contributed by atoms with Gasteiger partial charge >= 0.3 is 0 Å². The lowest BCUT2D eigenvalue weighted by Gasteiger charge is -2.19. The van der Waals surface area contributed by atoms with Crippen molar-refractivity contribution in [2.75, 3.05) is 19.5 Å². The molecule has 0 saturated heterocycles. The van der Waals surface area contributed by atoms with E-state index in [-0.39, 0.29) is 0 Å². The van der Waals surface area contributed by atoms with Crippen LogP contribution in [0.15, 0.2) is 18.2 Å². The molecule has 6 nitrogen and oxygen atoms in total. The van der Waals surface area contributed by atoms with Crippen LogP contribution in [0.3, 0.4) is 0 Å². The number of nitriles is 1. The molecular weight excluding hydrogens is 316 g/mol. The molecule has 0 aliphatic heterocycles. The summed E-state index contributed by atoms with van der Waals surface area (Å²) in [7, 11) is 3.15. The van der Waals surface area contributed by atoms with Crippen LogP contribution >= 0.6 is 0 Å². The molecule has 25 heavy (non-hydrogen) atoms. The normalized spacial score (nSPS) is 10.4. The van der Waals surface area contributed by atoms with Crippen molar-refractivity contribution in [1.29, 1.82) is 5.26 Å². The maximum Gasteiger partial charge on any atom is 0.257 e. The molecule has 0 fully saturated rings. The first-order valence-electron chi connectivity index (χ1n) is 8.35. The molecule has 0 spiro atoms. The molecule has 0 saturated carbocycles. The van der Waals surface area contributed by atoms with Gasteiger partial charge in [0.05, 0.1) is 37.2 Å². The van der Waals surface area contributed by atoms with Crippen LogP contribution in [0.25, 0.3) is 11.3 Å². The van der Waals surface area contributed by atoms with Crippen LogP contribution in [0.5, 0.6) is 11.6 Å². The zero-order chi connectivity index (χ0) is 18.4. The Hall–Kier alpha value is -2.81. The van der Waals surface area contributed by atoms with Gasteiger partial charge in [-0.05, 0) is 38.0 Å². The van der Waals surface area contributed by atoms with Crippen molar-refractivity contribution in [1.82, 2.24) is 9.97 Å². The predicted molar refractivity (Wildman–Crippen MR) is 98.0 cm³/mol. The summed E-state index contributed by atoms with van der Waals surface area (Å²) in [4.78, 5) is 9.29.